The van der Waals surface area contributed by atoms with Gasteiger partial charge in [0.1, 0.15) is 17.6 Å². The van der Waals surface area contributed by atoms with Gasteiger partial charge < -0.3 is 14.2 Å². The lowest BCUT2D eigenvalue weighted by Crippen LogP contribution is -2.33. The van der Waals surface area contributed by atoms with Crippen LogP contribution in [-0.2, 0) is 25.2 Å². The first-order valence-corrected chi connectivity index (χ1v) is 13.3. The van der Waals surface area contributed by atoms with Crippen molar-refractivity contribution < 1.29 is 19.0 Å². The molecule has 0 saturated carbocycles. The van der Waals surface area contributed by atoms with Gasteiger partial charge in [-0.1, -0.05) is 54.6 Å². The maximum absolute atomic E-state index is 12.6. The molecule has 0 aromatic heterocycles. The molecular formula is C31H29O4S+. The quantitative estimate of drug-likeness (QED) is 0.263. The van der Waals surface area contributed by atoms with Crippen molar-refractivity contribution in [2.24, 2.45) is 5.92 Å². The summed E-state index contributed by atoms with van der Waals surface area (Å²) in [5, 5.41) is 0. The summed E-state index contributed by atoms with van der Waals surface area (Å²) < 4.78 is 17.5. The highest BCUT2D eigenvalue weighted by Crippen LogP contribution is 2.35. The molecule has 3 aromatic rings. The Kier molecular flexibility index (Phi) is 7.01. The van der Waals surface area contributed by atoms with Gasteiger partial charge in [0, 0.05) is 5.92 Å². The summed E-state index contributed by atoms with van der Waals surface area (Å²) in [4.78, 5) is 16.3. The van der Waals surface area contributed by atoms with Crippen molar-refractivity contribution in [2.45, 2.75) is 40.2 Å². The number of hydrogen-bond donors (Lipinski definition) is 0. The van der Waals surface area contributed by atoms with Crippen LogP contribution >= 0.6 is 0 Å². The largest absolute Gasteiger partial charge is 0.486 e. The molecule has 0 N–H and O–H groups in total. The fraction of sp³-hybridized carbons (Fsp3) is 0.194. The minimum atomic E-state index is -0.872. The smallest absolute Gasteiger partial charge is 0.345 e. The Hall–Kier alpha value is -3.70. The molecule has 1 aliphatic heterocycles. The molecule has 0 radical (unpaired) electrons. The van der Waals surface area contributed by atoms with E-state index in [0.29, 0.717) is 11.5 Å². The summed E-state index contributed by atoms with van der Waals surface area (Å²) in [6.07, 6.45) is 10.1. The van der Waals surface area contributed by atoms with E-state index in [1.54, 1.807) is 0 Å². The first-order valence-electron chi connectivity index (χ1n) is 12.0. The average Bonchev–Trinajstić information content (AvgIpc) is 3.35. The molecule has 2 unspecified atom stereocenters. The highest BCUT2D eigenvalue weighted by molar-refractivity contribution is 7.97. The van der Waals surface area contributed by atoms with Gasteiger partial charge in [0.25, 0.3) is 0 Å². The fourth-order valence-corrected chi connectivity index (χ4v) is 6.36. The van der Waals surface area contributed by atoms with Gasteiger partial charge in [-0.15, -0.1) is 0 Å². The number of rotatable bonds is 8. The summed E-state index contributed by atoms with van der Waals surface area (Å²) in [5.74, 6) is 1.02. The average molecular weight is 498 g/mol. The van der Waals surface area contributed by atoms with Crippen LogP contribution in [-0.4, -0.2) is 24.3 Å². The van der Waals surface area contributed by atoms with Gasteiger partial charge in [-0.25, -0.2) is 4.79 Å². The van der Waals surface area contributed by atoms with E-state index in [9.17, 15) is 4.79 Å². The Bertz CT molecular complexity index is 1240. The van der Waals surface area contributed by atoms with E-state index in [4.69, 9.17) is 14.2 Å². The van der Waals surface area contributed by atoms with Crippen LogP contribution in [0.5, 0.6) is 5.75 Å². The van der Waals surface area contributed by atoms with Crippen molar-refractivity contribution >= 4 is 16.9 Å². The van der Waals surface area contributed by atoms with Gasteiger partial charge in [-0.05, 0) is 74.5 Å². The van der Waals surface area contributed by atoms with E-state index in [0.717, 1.165) is 0 Å². The summed E-state index contributed by atoms with van der Waals surface area (Å²) in [6.45, 7) is 3.50. The minimum Gasteiger partial charge on any atom is -0.486 e. The van der Waals surface area contributed by atoms with E-state index in [1.807, 2.05) is 62.4 Å². The van der Waals surface area contributed by atoms with Crippen LogP contribution in [0.25, 0.3) is 0 Å². The van der Waals surface area contributed by atoms with E-state index < -0.39 is 11.6 Å². The Morgan fingerprint density at radius 3 is 2.03 bits per heavy atom. The molecule has 4 nitrogen and oxygen atoms in total. The van der Waals surface area contributed by atoms with Gasteiger partial charge in [-0.2, -0.15) is 0 Å². The molecule has 0 bridgehead atoms. The number of carbonyl (C=O) groups excluding carboxylic acids is 1. The summed E-state index contributed by atoms with van der Waals surface area (Å²) >= 11 is 0. The second-order valence-electron chi connectivity index (χ2n) is 9.14. The maximum atomic E-state index is 12.6. The van der Waals surface area contributed by atoms with Crippen LogP contribution in [0, 0.1) is 5.92 Å². The highest BCUT2D eigenvalue weighted by Gasteiger charge is 2.38. The Balaban J connectivity index is 1.22. The third-order valence-corrected chi connectivity index (χ3v) is 8.30. The number of ether oxygens (including phenoxy) is 3. The molecule has 5 rings (SSSR count). The standard InChI is InChI=1S/C31H29O4S/c1-31(2,29-21-23-11-9-10-16-28(23)34-29)35-30(32)22-33-24-17-19-27(20-18-24)36(25-12-5-3-6-13-25)26-14-7-4-8-15-26/h3-21,23,28H,22H2,1-2H3/q+1. The molecule has 0 amide bonds. The molecule has 182 valence electrons. The monoisotopic (exact) mass is 497 g/mol. The fourth-order valence-electron chi connectivity index (χ4n) is 4.28. The zero-order chi connectivity index (χ0) is 25.0. The normalized spacial score (nSPS) is 18.4. The molecule has 5 heteroatoms. The number of allylic oxidation sites excluding steroid dienone is 2. The molecule has 36 heavy (non-hydrogen) atoms. The van der Waals surface area contributed by atoms with Crippen molar-refractivity contribution in [3.63, 3.8) is 0 Å². The highest BCUT2D eigenvalue weighted by atomic mass is 32.2. The lowest BCUT2D eigenvalue weighted by molar-refractivity contribution is -0.158. The second-order valence-corrected chi connectivity index (χ2v) is 11.2. The van der Waals surface area contributed by atoms with E-state index >= 15 is 0 Å². The second kappa shape index (κ2) is 10.5. The van der Waals surface area contributed by atoms with Crippen molar-refractivity contribution in [3.05, 3.63) is 121 Å². The Morgan fingerprint density at radius 2 is 1.42 bits per heavy atom. The van der Waals surface area contributed by atoms with E-state index in [2.05, 4.69) is 66.7 Å². The Labute approximate surface area is 215 Å². The van der Waals surface area contributed by atoms with Crippen LogP contribution in [0.4, 0.5) is 0 Å². The van der Waals surface area contributed by atoms with Crippen molar-refractivity contribution in [1.82, 2.24) is 0 Å². The van der Waals surface area contributed by atoms with Gasteiger partial charge in [0.05, 0.1) is 10.9 Å². The molecule has 0 saturated heterocycles. The predicted molar refractivity (Wildman–Crippen MR) is 142 cm³/mol. The third kappa shape index (κ3) is 5.42. The number of carbonyl (C=O) groups is 1. The van der Waals surface area contributed by atoms with Crippen molar-refractivity contribution in [3.8, 4) is 5.75 Å². The van der Waals surface area contributed by atoms with Crippen molar-refractivity contribution in [1.29, 1.82) is 0 Å². The lowest BCUT2D eigenvalue weighted by atomic mass is 9.97. The minimum absolute atomic E-state index is 0.0333. The maximum Gasteiger partial charge on any atom is 0.345 e. The summed E-state index contributed by atoms with van der Waals surface area (Å²) in [5.41, 5.74) is -0.872. The first-order chi connectivity index (χ1) is 17.5. The van der Waals surface area contributed by atoms with Crippen LogP contribution in [0.3, 0.4) is 0 Å². The molecule has 0 spiro atoms. The zero-order valence-electron chi connectivity index (χ0n) is 20.4. The molecule has 2 atom stereocenters. The number of benzene rings is 3. The van der Waals surface area contributed by atoms with Crippen LogP contribution in [0.1, 0.15) is 13.8 Å². The van der Waals surface area contributed by atoms with Gasteiger partial charge in [0.2, 0.25) is 0 Å². The van der Waals surface area contributed by atoms with Gasteiger partial charge in [-0.3, -0.25) is 0 Å². The summed E-state index contributed by atoms with van der Waals surface area (Å²) in [6, 6.07) is 28.9. The zero-order valence-corrected chi connectivity index (χ0v) is 21.2. The van der Waals surface area contributed by atoms with Crippen molar-refractivity contribution in [2.75, 3.05) is 6.61 Å². The van der Waals surface area contributed by atoms with Crippen LogP contribution in [0.15, 0.2) is 136 Å². The molecule has 1 aliphatic carbocycles. The topological polar surface area (TPSA) is 44.8 Å². The molecular weight excluding hydrogens is 468 g/mol. The van der Waals surface area contributed by atoms with E-state index in [-0.39, 0.29) is 29.5 Å². The SMILES string of the molecule is CC(C)(OC(=O)COc1ccc([S+](c2ccccc2)c2ccccc2)cc1)C1=CC2C=CC=CC2O1. The molecule has 2 aliphatic rings. The number of esters is 1. The number of fused-ring (bicyclic) bond motifs is 1. The van der Waals surface area contributed by atoms with Crippen LogP contribution < -0.4 is 4.74 Å². The molecule has 0 fully saturated rings. The van der Waals surface area contributed by atoms with Gasteiger partial charge in [0.15, 0.2) is 26.9 Å². The third-order valence-electron chi connectivity index (χ3n) is 6.07. The van der Waals surface area contributed by atoms with E-state index in [1.165, 1.54) is 14.7 Å². The first kappa shape index (κ1) is 24.0. The molecule has 3 aromatic carbocycles. The number of hydrogen-bond acceptors (Lipinski definition) is 4. The summed E-state index contributed by atoms with van der Waals surface area (Å²) in [7, 11) is -0.231. The Morgan fingerprint density at radius 1 is 0.833 bits per heavy atom. The predicted octanol–water partition coefficient (Wildman–Crippen LogP) is 6.51. The van der Waals surface area contributed by atoms with Gasteiger partial charge >= 0.3 is 5.97 Å². The lowest BCUT2D eigenvalue weighted by Gasteiger charge is -2.27. The van der Waals surface area contributed by atoms with Crippen LogP contribution in [0.2, 0.25) is 0 Å². The molecule has 1 heterocycles.